The van der Waals surface area contributed by atoms with E-state index in [1.165, 1.54) is 12.1 Å². The molecule has 1 aromatic heterocycles. The molecule has 170 valence electrons. The molecule has 9 heteroatoms. The van der Waals surface area contributed by atoms with Crippen molar-refractivity contribution in [2.24, 2.45) is 13.0 Å². The maximum atomic E-state index is 12.6. The number of hydrogen-bond donors (Lipinski definition) is 0. The second-order valence-corrected chi connectivity index (χ2v) is 8.10. The average Bonchev–Trinajstić information content (AvgIpc) is 3.08. The van der Waals surface area contributed by atoms with E-state index in [2.05, 4.69) is 5.10 Å². The Labute approximate surface area is 179 Å². The van der Waals surface area contributed by atoms with Crippen LogP contribution in [0.4, 0.5) is 13.2 Å². The van der Waals surface area contributed by atoms with E-state index in [-0.39, 0.29) is 12.0 Å². The van der Waals surface area contributed by atoms with Crippen LogP contribution in [0, 0.1) is 5.92 Å². The number of amides is 1. The number of rotatable bonds is 7. The molecule has 1 aliphatic rings. The molecule has 1 aromatic carbocycles. The van der Waals surface area contributed by atoms with E-state index in [1.807, 2.05) is 31.9 Å². The van der Waals surface area contributed by atoms with Crippen LogP contribution in [-0.2, 0) is 29.2 Å². The molecule has 0 radical (unpaired) electrons. The van der Waals surface area contributed by atoms with Crippen LogP contribution in [0.3, 0.4) is 0 Å². The third-order valence-electron chi connectivity index (χ3n) is 5.14. The first-order chi connectivity index (χ1) is 14.6. The van der Waals surface area contributed by atoms with Crippen LogP contribution in [0.5, 0.6) is 5.75 Å². The van der Waals surface area contributed by atoms with E-state index in [4.69, 9.17) is 9.47 Å². The number of halogens is 3. The molecule has 1 saturated heterocycles. The average molecular weight is 439 g/mol. The minimum Gasteiger partial charge on any atom is -0.493 e. The molecule has 0 aliphatic carbocycles. The van der Waals surface area contributed by atoms with Gasteiger partial charge in [-0.2, -0.15) is 18.3 Å². The predicted molar refractivity (Wildman–Crippen MR) is 109 cm³/mol. The van der Waals surface area contributed by atoms with Crippen molar-refractivity contribution in [3.05, 3.63) is 47.3 Å². The number of benzene rings is 1. The first-order valence-electron chi connectivity index (χ1n) is 10.4. The van der Waals surface area contributed by atoms with Gasteiger partial charge in [-0.1, -0.05) is 13.8 Å². The Morgan fingerprint density at radius 1 is 1.29 bits per heavy atom. The predicted octanol–water partition coefficient (Wildman–Crippen LogP) is 4.01. The number of carbonyl (C=O) groups excluding carboxylic acids is 1. The van der Waals surface area contributed by atoms with Crippen molar-refractivity contribution < 1.29 is 27.4 Å². The highest BCUT2D eigenvalue weighted by molar-refractivity contribution is 5.76. The standard InChI is InChI=1S/C22H28F3N3O3/c1-15(2)12-21(29)28-9-11-31-20(14-28)19-13-17(27(3)26-19)8-10-30-18-6-4-16(5-7-18)22(23,24)25/h4-7,13,15,20H,8-12,14H2,1-3H3. The number of nitrogens with zero attached hydrogens (tertiary/aromatic N) is 3. The maximum Gasteiger partial charge on any atom is 0.416 e. The number of morpholine rings is 1. The zero-order valence-electron chi connectivity index (χ0n) is 18.0. The van der Waals surface area contributed by atoms with Crippen molar-refractivity contribution in [3.8, 4) is 5.75 Å². The summed E-state index contributed by atoms with van der Waals surface area (Å²) in [4.78, 5) is 14.2. The minimum absolute atomic E-state index is 0.129. The Bertz CT molecular complexity index is 878. The highest BCUT2D eigenvalue weighted by Crippen LogP contribution is 2.30. The van der Waals surface area contributed by atoms with Gasteiger partial charge in [-0.15, -0.1) is 0 Å². The SMILES string of the molecule is CC(C)CC(=O)N1CCOC(c2cc(CCOc3ccc(C(F)(F)F)cc3)n(C)n2)C1. The van der Waals surface area contributed by atoms with Gasteiger partial charge < -0.3 is 14.4 Å². The summed E-state index contributed by atoms with van der Waals surface area (Å²) in [7, 11) is 1.82. The highest BCUT2D eigenvalue weighted by atomic mass is 19.4. The molecule has 6 nitrogen and oxygen atoms in total. The van der Waals surface area contributed by atoms with E-state index in [0.29, 0.717) is 50.8 Å². The van der Waals surface area contributed by atoms with Gasteiger partial charge in [0.1, 0.15) is 11.9 Å². The van der Waals surface area contributed by atoms with Crippen LogP contribution in [0.1, 0.15) is 43.3 Å². The van der Waals surface area contributed by atoms with Gasteiger partial charge in [0.25, 0.3) is 0 Å². The molecule has 3 rings (SSSR count). The van der Waals surface area contributed by atoms with Crippen molar-refractivity contribution in [1.82, 2.24) is 14.7 Å². The van der Waals surface area contributed by atoms with E-state index in [9.17, 15) is 18.0 Å². The number of ether oxygens (including phenoxy) is 2. The first-order valence-corrected chi connectivity index (χ1v) is 10.4. The molecule has 2 heterocycles. The second kappa shape index (κ2) is 9.72. The van der Waals surface area contributed by atoms with Crippen LogP contribution in [0.25, 0.3) is 0 Å². The molecule has 31 heavy (non-hydrogen) atoms. The lowest BCUT2D eigenvalue weighted by molar-refractivity contribution is -0.140. The fourth-order valence-corrected chi connectivity index (χ4v) is 3.47. The van der Waals surface area contributed by atoms with Gasteiger partial charge in [-0.05, 0) is 36.2 Å². The Kier molecular flexibility index (Phi) is 7.25. The van der Waals surface area contributed by atoms with Crippen LogP contribution < -0.4 is 4.74 Å². The summed E-state index contributed by atoms with van der Waals surface area (Å²) in [6.07, 6.45) is -3.59. The van der Waals surface area contributed by atoms with Crippen molar-refractivity contribution in [2.75, 3.05) is 26.3 Å². The number of aryl methyl sites for hydroxylation is 1. The smallest absolute Gasteiger partial charge is 0.416 e. The molecule has 2 aromatic rings. The number of alkyl halides is 3. The van der Waals surface area contributed by atoms with Gasteiger partial charge in [-0.25, -0.2) is 0 Å². The maximum absolute atomic E-state index is 12.6. The first kappa shape index (κ1) is 23.1. The van der Waals surface area contributed by atoms with Gasteiger partial charge in [-0.3, -0.25) is 9.48 Å². The highest BCUT2D eigenvalue weighted by Gasteiger charge is 2.30. The Morgan fingerprint density at radius 3 is 2.65 bits per heavy atom. The molecule has 0 bridgehead atoms. The number of aromatic nitrogens is 2. The number of hydrogen-bond acceptors (Lipinski definition) is 4. The summed E-state index contributed by atoms with van der Waals surface area (Å²) < 4.78 is 51.1. The third-order valence-corrected chi connectivity index (χ3v) is 5.14. The zero-order chi connectivity index (χ0) is 22.6. The molecular formula is C22H28F3N3O3. The molecule has 1 fully saturated rings. The van der Waals surface area contributed by atoms with Gasteiger partial charge in [0.15, 0.2) is 0 Å². The summed E-state index contributed by atoms with van der Waals surface area (Å²) in [5.74, 6) is 0.814. The van der Waals surface area contributed by atoms with E-state index >= 15 is 0 Å². The lowest BCUT2D eigenvalue weighted by atomic mass is 10.1. The number of carbonyl (C=O) groups is 1. The lowest BCUT2D eigenvalue weighted by Gasteiger charge is -2.32. The van der Waals surface area contributed by atoms with Crippen LogP contribution in [-0.4, -0.2) is 46.9 Å². The van der Waals surface area contributed by atoms with Crippen molar-refractivity contribution in [3.63, 3.8) is 0 Å². The molecule has 1 atom stereocenters. The van der Waals surface area contributed by atoms with Gasteiger partial charge in [0.2, 0.25) is 5.91 Å². The summed E-state index contributed by atoms with van der Waals surface area (Å²) in [5, 5.41) is 4.53. The molecule has 1 aliphatic heterocycles. The van der Waals surface area contributed by atoms with E-state index in [0.717, 1.165) is 23.5 Å². The van der Waals surface area contributed by atoms with Crippen molar-refractivity contribution >= 4 is 5.91 Å². The monoisotopic (exact) mass is 439 g/mol. The molecule has 1 unspecified atom stereocenters. The summed E-state index contributed by atoms with van der Waals surface area (Å²) >= 11 is 0. The van der Waals surface area contributed by atoms with Gasteiger partial charge in [0, 0.05) is 32.1 Å². The minimum atomic E-state index is -4.36. The van der Waals surface area contributed by atoms with Gasteiger partial charge >= 0.3 is 6.18 Å². The van der Waals surface area contributed by atoms with Crippen LogP contribution >= 0.6 is 0 Å². The normalized spacial score (nSPS) is 17.3. The second-order valence-electron chi connectivity index (χ2n) is 8.10. The molecular weight excluding hydrogens is 411 g/mol. The van der Waals surface area contributed by atoms with E-state index < -0.39 is 11.7 Å². The molecule has 0 spiro atoms. The van der Waals surface area contributed by atoms with Crippen molar-refractivity contribution in [1.29, 1.82) is 0 Å². The quantitative estimate of drug-likeness (QED) is 0.654. The lowest BCUT2D eigenvalue weighted by Crippen LogP contribution is -2.42. The van der Waals surface area contributed by atoms with Crippen molar-refractivity contribution in [2.45, 2.75) is 39.0 Å². The Balaban J connectivity index is 1.55. The van der Waals surface area contributed by atoms with E-state index in [1.54, 1.807) is 4.68 Å². The molecule has 0 N–H and O–H groups in total. The third kappa shape index (κ3) is 6.22. The molecule has 1 amide bonds. The Morgan fingerprint density at radius 2 is 2.00 bits per heavy atom. The fraction of sp³-hybridized carbons (Fsp3) is 0.545. The zero-order valence-corrected chi connectivity index (χ0v) is 18.0. The fourth-order valence-electron chi connectivity index (χ4n) is 3.47. The summed E-state index contributed by atoms with van der Waals surface area (Å²) in [6.45, 7) is 5.88. The van der Waals surface area contributed by atoms with Crippen LogP contribution in [0.15, 0.2) is 30.3 Å². The largest absolute Gasteiger partial charge is 0.493 e. The summed E-state index contributed by atoms with van der Waals surface area (Å²) in [5.41, 5.74) is 0.967. The topological polar surface area (TPSA) is 56.6 Å². The van der Waals surface area contributed by atoms with Crippen LogP contribution in [0.2, 0.25) is 0 Å². The van der Waals surface area contributed by atoms with Gasteiger partial charge in [0.05, 0.1) is 31.0 Å². The summed E-state index contributed by atoms with van der Waals surface area (Å²) in [6, 6.07) is 6.57. The Hall–Kier alpha value is -2.55. The molecule has 0 saturated carbocycles.